The molecule has 2 bridgehead atoms. The third kappa shape index (κ3) is 4.92. The Balaban J connectivity index is 1.24. The number of nitrogens with zero attached hydrogens (tertiary/aromatic N) is 1. The summed E-state index contributed by atoms with van der Waals surface area (Å²) in [5.74, 6) is 2.52. The van der Waals surface area contributed by atoms with E-state index >= 15 is 0 Å². The monoisotopic (exact) mass is 491 g/mol. The van der Waals surface area contributed by atoms with Crippen molar-refractivity contribution in [1.29, 1.82) is 0 Å². The van der Waals surface area contributed by atoms with Gasteiger partial charge in [0.15, 0.2) is 23.1 Å². The van der Waals surface area contributed by atoms with Crippen LogP contribution in [0.4, 0.5) is 4.39 Å². The molecule has 0 atom stereocenters. The van der Waals surface area contributed by atoms with Crippen LogP contribution in [0.3, 0.4) is 0 Å². The second-order valence-electron chi connectivity index (χ2n) is 9.87. The van der Waals surface area contributed by atoms with Crippen molar-refractivity contribution in [2.24, 2.45) is 17.8 Å². The number of rotatable bonds is 10. The molecular formula is C29H30FNO5. The fourth-order valence-corrected chi connectivity index (χ4v) is 5.96. The fourth-order valence-electron chi connectivity index (χ4n) is 5.96. The molecule has 0 spiro atoms. The van der Waals surface area contributed by atoms with Crippen molar-refractivity contribution in [1.82, 2.24) is 4.98 Å². The van der Waals surface area contributed by atoms with Crippen LogP contribution in [0.2, 0.25) is 0 Å². The van der Waals surface area contributed by atoms with Crippen LogP contribution in [-0.2, 0) is 16.0 Å². The predicted molar refractivity (Wildman–Crippen MR) is 133 cm³/mol. The van der Waals surface area contributed by atoms with Crippen molar-refractivity contribution in [3.8, 4) is 23.0 Å². The van der Waals surface area contributed by atoms with Crippen molar-refractivity contribution in [3.63, 3.8) is 0 Å². The van der Waals surface area contributed by atoms with Crippen LogP contribution < -0.4 is 14.2 Å². The predicted octanol–water partition coefficient (Wildman–Crippen LogP) is 6.08. The summed E-state index contributed by atoms with van der Waals surface area (Å²) in [5.41, 5.74) is 1.13. The van der Waals surface area contributed by atoms with Gasteiger partial charge in [-0.15, -0.1) is 0 Å². The van der Waals surface area contributed by atoms with Gasteiger partial charge < -0.3 is 14.2 Å². The zero-order valence-corrected chi connectivity index (χ0v) is 20.6. The molecule has 188 valence electrons. The number of hydrogen-bond acceptors (Lipinski definition) is 6. The van der Waals surface area contributed by atoms with Crippen LogP contribution in [0.1, 0.15) is 44.1 Å². The van der Waals surface area contributed by atoms with Gasteiger partial charge in [-0.05, 0) is 73.3 Å². The van der Waals surface area contributed by atoms with Crippen molar-refractivity contribution < 1.29 is 28.2 Å². The van der Waals surface area contributed by atoms with Gasteiger partial charge in [-0.25, -0.2) is 4.39 Å². The number of methoxy groups -OCH3 is 2. The van der Waals surface area contributed by atoms with Gasteiger partial charge in [-0.2, -0.15) is 0 Å². The minimum absolute atomic E-state index is 0.0147. The van der Waals surface area contributed by atoms with E-state index in [4.69, 9.17) is 14.2 Å². The number of carbonyl (C=O) groups excluding carboxylic acids is 2. The normalized spacial score (nSPS) is 20.5. The molecule has 0 saturated heterocycles. The molecule has 2 aliphatic rings. The third-order valence-electron chi connectivity index (χ3n) is 7.71. The minimum atomic E-state index is -0.584. The number of benzene rings is 2. The summed E-state index contributed by atoms with van der Waals surface area (Å²) in [6, 6.07) is 9.56. The average molecular weight is 492 g/mol. The molecule has 5 rings (SSSR count). The van der Waals surface area contributed by atoms with Gasteiger partial charge >= 0.3 is 0 Å². The molecule has 0 unspecified atom stereocenters. The van der Waals surface area contributed by atoms with Crippen molar-refractivity contribution >= 4 is 22.5 Å². The summed E-state index contributed by atoms with van der Waals surface area (Å²) in [6.45, 7) is 0. The molecule has 3 aromatic rings. The molecular weight excluding hydrogens is 461 g/mol. The molecule has 0 aliphatic heterocycles. The van der Waals surface area contributed by atoms with Crippen LogP contribution in [0.25, 0.3) is 10.9 Å². The number of hydrogen-bond donors (Lipinski definition) is 0. The molecule has 6 nitrogen and oxygen atoms in total. The smallest absolute Gasteiger partial charge is 0.166 e. The highest BCUT2D eigenvalue weighted by atomic mass is 19.1. The van der Waals surface area contributed by atoms with Gasteiger partial charge in [-0.1, -0.05) is 6.07 Å². The highest BCUT2D eigenvalue weighted by molar-refractivity contribution is 6.00. The molecule has 0 N–H and O–H groups in total. The molecule has 2 aromatic carbocycles. The lowest BCUT2D eigenvalue weighted by Gasteiger charge is -2.14. The van der Waals surface area contributed by atoms with E-state index < -0.39 is 5.82 Å². The lowest BCUT2D eigenvalue weighted by atomic mass is 9.90. The van der Waals surface area contributed by atoms with Crippen LogP contribution in [-0.4, -0.2) is 30.8 Å². The molecule has 2 fully saturated rings. The number of Topliss-reactive ketones (excluding diaryl/α,β-unsaturated/α-hetero) is 2. The van der Waals surface area contributed by atoms with Gasteiger partial charge in [0.1, 0.15) is 17.3 Å². The third-order valence-corrected chi connectivity index (χ3v) is 7.71. The second kappa shape index (κ2) is 10.2. The summed E-state index contributed by atoms with van der Waals surface area (Å²) in [4.78, 5) is 29.3. The molecule has 1 heterocycles. The van der Waals surface area contributed by atoms with Gasteiger partial charge in [0.25, 0.3) is 0 Å². The Labute approximate surface area is 209 Å². The number of ether oxygens (including phenoxy) is 3. The Morgan fingerprint density at radius 2 is 1.58 bits per heavy atom. The van der Waals surface area contributed by atoms with E-state index in [0.717, 1.165) is 0 Å². The van der Waals surface area contributed by atoms with E-state index in [-0.39, 0.29) is 30.2 Å². The topological polar surface area (TPSA) is 74.7 Å². The van der Waals surface area contributed by atoms with Crippen molar-refractivity contribution in [2.75, 3.05) is 14.2 Å². The maximum Gasteiger partial charge on any atom is 0.166 e. The SMILES string of the molecule is COc1cc2nccc(Oc3ccc(CC(=O)CC(=O)CC4C5CCC4CC5)cc3F)c2cc1OC. The number of ketones is 2. The van der Waals surface area contributed by atoms with E-state index in [0.29, 0.717) is 57.9 Å². The van der Waals surface area contributed by atoms with Crippen LogP contribution in [0.15, 0.2) is 42.6 Å². The van der Waals surface area contributed by atoms with Crippen molar-refractivity contribution in [2.45, 2.75) is 44.9 Å². The fraction of sp³-hybridized carbons (Fsp3) is 0.414. The maximum atomic E-state index is 14.9. The van der Waals surface area contributed by atoms with Gasteiger partial charge in [-0.3, -0.25) is 14.6 Å². The number of halogens is 1. The van der Waals surface area contributed by atoms with Crippen molar-refractivity contribution in [3.05, 3.63) is 54.0 Å². The summed E-state index contributed by atoms with van der Waals surface area (Å²) in [7, 11) is 3.08. The minimum Gasteiger partial charge on any atom is -0.493 e. The lowest BCUT2D eigenvalue weighted by Crippen LogP contribution is -2.16. The standard InChI is InChI=1S/C29H30FNO5/c1-34-28-15-23-25(16-29(28)35-2)31-10-9-26(23)36-27-8-3-17(12-24(27)30)11-20(32)13-21(33)14-22-18-4-5-19(22)7-6-18/h3,8-10,12,15-16,18-19,22H,4-7,11,13-14H2,1-2H3. The summed E-state index contributed by atoms with van der Waals surface area (Å²) in [5, 5.41) is 0.642. The van der Waals surface area contributed by atoms with Crippen LogP contribution >= 0.6 is 0 Å². The second-order valence-corrected chi connectivity index (χ2v) is 9.87. The molecule has 1 aromatic heterocycles. The molecule has 2 saturated carbocycles. The molecule has 2 aliphatic carbocycles. The molecule has 36 heavy (non-hydrogen) atoms. The maximum absolute atomic E-state index is 14.9. The van der Waals surface area contributed by atoms with Gasteiger partial charge in [0, 0.05) is 30.5 Å². The zero-order valence-electron chi connectivity index (χ0n) is 20.6. The summed E-state index contributed by atoms with van der Waals surface area (Å²) >= 11 is 0. The largest absolute Gasteiger partial charge is 0.493 e. The Morgan fingerprint density at radius 1 is 0.889 bits per heavy atom. The van der Waals surface area contributed by atoms with E-state index in [1.165, 1.54) is 44.9 Å². The number of pyridine rings is 1. The van der Waals surface area contributed by atoms with Gasteiger partial charge in [0.05, 0.1) is 26.2 Å². The van der Waals surface area contributed by atoms with E-state index in [2.05, 4.69) is 4.98 Å². The average Bonchev–Trinajstić information content (AvgIpc) is 3.43. The number of carbonyl (C=O) groups is 2. The van der Waals surface area contributed by atoms with Crippen LogP contribution in [0.5, 0.6) is 23.0 Å². The molecule has 7 heteroatoms. The zero-order chi connectivity index (χ0) is 25.2. The summed E-state index contributed by atoms with van der Waals surface area (Å²) < 4.78 is 31.5. The molecule has 0 amide bonds. The Morgan fingerprint density at radius 3 is 2.25 bits per heavy atom. The quantitative estimate of drug-likeness (QED) is 0.320. The Bertz CT molecular complexity index is 1290. The molecule has 0 radical (unpaired) electrons. The first-order chi connectivity index (χ1) is 17.4. The Kier molecular flexibility index (Phi) is 6.90. The highest BCUT2D eigenvalue weighted by Crippen LogP contribution is 2.50. The van der Waals surface area contributed by atoms with E-state index in [1.807, 2.05) is 0 Å². The number of fused-ring (bicyclic) bond motifs is 3. The first-order valence-corrected chi connectivity index (χ1v) is 12.5. The first kappa shape index (κ1) is 24.2. The summed E-state index contributed by atoms with van der Waals surface area (Å²) in [6.07, 6.45) is 6.92. The van der Waals surface area contributed by atoms with E-state index in [1.54, 1.807) is 37.6 Å². The van der Waals surface area contributed by atoms with Gasteiger partial charge in [0.2, 0.25) is 0 Å². The number of aromatic nitrogens is 1. The first-order valence-electron chi connectivity index (χ1n) is 12.5. The van der Waals surface area contributed by atoms with E-state index in [9.17, 15) is 14.0 Å². The lowest BCUT2D eigenvalue weighted by molar-refractivity contribution is -0.127. The van der Waals surface area contributed by atoms with Crippen LogP contribution in [0, 0.1) is 23.6 Å². The Hall–Kier alpha value is -3.48. The highest BCUT2D eigenvalue weighted by Gasteiger charge is 2.42.